The number of rotatable bonds is 12. The number of carbonyl (C=O) groups is 2. The van der Waals surface area contributed by atoms with Gasteiger partial charge in [0.1, 0.15) is 19.5 Å². The van der Waals surface area contributed by atoms with Gasteiger partial charge in [0.25, 0.3) is 0 Å². The van der Waals surface area contributed by atoms with Gasteiger partial charge in [0.05, 0.1) is 13.0 Å². The second-order valence-corrected chi connectivity index (χ2v) is 14.4. The molecule has 3 atom stereocenters. The first-order valence-corrected chi connectivity index (χ1v) is 15.3. The maximum atomic E-state index is 12.1. The lowest BCUT2D eigenvalue weighted by atomic mass is 9.86. The van der Waals surface area contributed by atoms with Crippen LogP contribution in [0.15, 0.2) is 24.3 Å². The van der Waals surface area contributed by atoms with Crippen molar-refractivity contribution in [3.8, 4) is 11.5 Å². The highest BCUT2D eigenvalue weighted by Crippen LogP contribution is 2.32. The Balaban J connectivity index is 2.61. The fourth-order valence-corrected chi connectivity index (χ4v) is 4.45. The third-order valence-corrected chi connectivity index (χ3v) is 6.51. The van der Waals surface area contributed by atoms with E-state index < -0.39 is 13.7 Å². The first kappa shape index (κ1) is 27.4. The van der Waals surface area contributed by atoms with Gasteiger partial charge in [-0.1, -0.05) is 63.6 Å². The first-order valence-electron chi connectivity index (χ1n) is 11.8. The Morgan fingerprint density at radius 1 is 1.29 bits per heavy atom. The normalized spacial score (nSPS) is 19.9. The fourth-order valence-electron chi connectivity index (χ4n) is 3.86. The van der Waals surface area contributed by atoms with Crippen molar-refractivity contribution in [3.05, 3.63) is 24.3 Å². The average Bonchev–Trinajstić information content (AvgIpc) is 3.13. The number of allylic oxidation sites excluding steroid dienone is 3. The summed E-state index contributed by atoms with van der Waals surface area (Å²) in [5.74, 6) is 2.56. The Morgan fingerprint density at radius 3 is 2.61 bits per heavy atom. The van der Waals surface area contributed by atoms with E-state index in [1.165, 1.54) is 7.11 Å². The summed E-state index contributed by atoms with van der Waals surface area (Å²) in [6.45, 7) is 8.69. The van der Waals surface area contributed by atoms with E-state index in [1.807, 2.05) is 24.3 Å². The number of esters is 1. The summed E-state index contributed by atoms with van der Waals surface area (Å²) in [6, 6.07) is 0. The van der Waals surface area contributed by atoms with Crippen LogP contribution in [0.2, 0.25) is 19.6 Å². The topological polar surface area (TPSA) is 63.6 Å². The third-order valence-electron chi connectivity index (χ3n) is 5.63. The second-order valence-electron chi connectivity index (χ2n) is 9.66. The largest absolute Gasteiger partial charge is 0.469 e. The Bertz CT molecular complexity index is 692. The highest BCUT2D eigenvalue weighted by molar-refractivity contribution is 6.83. The van der Waals surface area contributed by atoms with E-state index in [4.69, 9.17) is 4.74 Å². The Morgan fingerprint density at radius 2 is 2.03 bits per heavy atom. The molecule has 0 unspecified atom stereocenters. The van der Waals surface area contributed by atoms with Crippen molar-refractivity contribution in [2.75, 3.05) is 7.11 Å². The van der Waals surface area contributed by atoms with Crippen LogP contribution in [0.1, 0.15) is 71.1 Å². The van der Waals surface area contributed by atoms with Crippen LogP contribution in [0.3, 0.4) is 0 Å². The average molecular weight is 447 g/mol. The van der Waals surface area contributed by atoms with Gasteiger partial charge in [-0.15, -0.1) is 5.54 Å². The Labute approximate surface area is 190 Å². The molecule has 0 heterocycles. The van der Waals surface area contributed by atoms with E-state index in [0.717, 1.165) is 38.5 Å². The number of ketones is 1. The van der Waals surface area contributed by atoms with Crippen molar-refractivity contribution in [1.82, 2.24) is 0 Å². The summed E-state index contributed by atoms with van der Waals surface area (Å²) >= 11 is 0. The number of aliphatic hydroxyl groups is 1. The zero-order valence-electron chi connectivity index (χ0n) is 20.2. The third kappa shape index (κ3) is 11.0. The van der Waals surface area contributed by atoms with Crippen LogP contribution in [0.25, 0.3) is 0 Å². The van der Waals surface area contributed by atoms with Crippen molar-refractivity contribution in [3.63, 3.8) is 0 Å². The molecular formula is C26H42O4Si. The van der Waals surface area contributed by atoms with E-state index in [9.17, 15) is 14.7 Å². The maximum Gasteiger partial charge on any atom is 0.309 e. The molecule has 1 aliphatic rings. The lowest BCUT2D eigenvalue weighted by Crippen LogP contribution is -2.27. The molecular weight excluding hydrogens is 404 g/mol. The smallest absolute Gasteiger partial charge is 0.309 e. The maximum absolute atomic E-state index is 12.1. The molecule has 0 aromatic heterocycles. The Hall–Kier alpha value is -1.64. The highest BCUT2D eigenvalue weighted by Gasteiger charge is 2.36. The highest BCUT2D eigenvalue weighted by atomic mass is 28.3. The van der Waals surface area contributed by atoms with Crippen molar-refractivity contribution in [2.24, 2.45) is 11.8 Å². The molecule has 1 N–H and O–H groups in total. The summed E-state index contributed by atoms with van der Waals surface area (Å²) in [5.41, 5.74) is 2.25. The second kappa shape index (κ2) is 13.7. The summed E-state index contributed by atoms with van der Waals surface area (Å²) in [6.07, 6.45) is 16.0. The molecule has 1 saturated carbocycles. The molecule has 0 spiro atoms. The van der Waals surface area contributed by atoms with Gasteiger partial charge in [-0.2, -0.15) is 0 Å². The van der Waals surface area contributed by atoms with Crippen molar-refractivity contribution in [1.29, 1.82) is 0 Å². The summed E-state index contributed by atoms with van der Waals surface area (Å²) in [4.78, 5) is 24.2. The van der Waals surface area contributed by atoms with Crippen LogP contribution in [0.4, 0.5) is 0 Å². The van der Waals surface area contributed by atoms with E-state index in [-0.39, 0.29) is 23.6 Å². The van der Waals surface area contributed by atoms with Gasteiger partial charge in [0, 0.05) is 12.3 Å². The summed E-state index contributed by atoms with van der Waals surface area (Å²) in [7, 11) is -0.159. The quantitative estimate of drug-likeness (QED) is 0.139. The first-order chi connectivity index (χ1) is 14.6. The van der Waals surface area contributed by atoms with Gasteiger partial charge in [-0.25, -0.2) is 0 Å². The SMILES string of the molecule is CCCCC[C@](O)(C#C[Si](C)(C)C)C=CCC=CCC[C@H](C(=O)OC)[C@H]1CCCC1=O. The molecule has 174 valence electrons. The number of carbonyl (C=O) groups excluding carboxylic acids is 2. The number of Topliss-reactive ketones (excluding diaryl/α,β-unsaturated/α-hetero) is 1. The monoisotopic (exact) mass is 446 g/mol. The number of hydrogen-bond donors (Lipinski definition) is 1. The molecule has 1 rings (SSSR count). The predicted octanol–water partition coefficient (Wildman–Crippen LogP) is 5.62. The van der Waals surface area contributed by atoms with E-state index >= 15 is 0 Å². The van der Waals surface area contributed by atoms with Crippen LogP contribution in [0.5, 0.6) is 0 Å². The summed E-state index contributed by atoms with van der Waals surface area (Å²) in [5, 5.41) is 11.0. The van der Waals surface area contributed by atoms with E-state index in [1.54, 1.807) is 0 Å². The molecule has 5 heteroatoms. The van der Waals surface area contributed by atoms with Crippen LogP contribution >= 0.6 is 0 Å². The van der Waals surface area contributed by atoms with E-state index in [0.29, 0.717) is 25.7 Å². The lowest BCUT2D eigenvalue weighted by Gasteiger charge is -2.19. The van der Waals surface area contributed by atoms with E-state index in [2.05, 4.69) is 38.0 Å². The van der Waals surface area contributed by atoms with Gasteiger partial charge in [0.2, 0.25) is 0 Å². The van der Waals surface area contributed by atoms with Gasteiger partial charge in [-0.05, 0) is 51.0 Å². The number of hydrogen-bond acceptors (Lipinski definition) is 4. The fraction of sp³-hybridized carbons (Fsp3) is 0.692. The molecule has 0 aromatic carbocycles. The van der Waals surface area contributed by atoms with Crippen LogP contribution in [-0.4, -0.2) is 37.6 Å². The van der Waals surface area contributed by atoms with Crippen molar-refractivity contribution >= 4 is 19.8 Å². The summed E-state index contributed by atoms with van der Waals surface area (Å²) < 4.78 is 4.93. The molecule has 4 nitrogen and oxygen atoms in total. The molecule has 0 aliphatic heterocycles. The minimum Gasteiger partial charge on any atom is -0.469 e. The molecule has 1 fully saturated rings. The zero-order chi connectivity index (χ0) is 23.3. The van der Waals surface area contributed by atoms with Gasteiger partial charge < -0.3 is 9.84 Å². The molecule has 0 bridgehead atoms. The zero-order valence-corrected chi connectivity index (χ0v) is 21.2. The number of methoxy groups -OCH3 is 1. The predicted molar refractivity (Wildman–Crippen MR) is 130 cm³/mol. The standard InChI is InChI=1S/C26H42O4Si/c1-6-7-12-18-26(29,20-21-31(3,4)5)19-13-10-8-9-11-15-23(25(28)30-2)22-16-14-17-24(22)27/h8-9,13,19,22-23,29H,6-7,10-12,14-18H2,1-5H3/t22-,23+,26-/m1/s1. The van der Waals surface area contributed by atoms with Crippen LogP contribution < -0.4 is 0 Å². The van der Waals surface area contributed by atoms with Gasteiger partial charge >= 0.3 is 5.97 Å². The molecule has 0 aromatic rings. The van der Waals surface area contributed by atoms with Crippen molar-refractivity contribution in [2.45, 2.75) is 96.4 Å². The minimum atomic E-state index is -1.55. The lowest BCUT2D eigenvalue weighted by molar-refractivity contribution is -0.149. The molecule has 0 saturated heterocycles. The molecule has 1 aliphatic carbocycles. The van der Waals surface area contributed by atoms with Crippen molar-refractivity contribution < 1.29 is 19.4 Å². The molecule has 0 amide bonds. The Kier molecular flexibility index (Phi) is 12.1. The van der Waals surface area contributed by atoms with Crippen LogP contribution in [0, 0.1) is 23.3 Å². The number of unbranched alkanes of at least 4 members (excludes halogenated alkanes) is 2. The number of ether oxygens (including phenoxy) is 1. The molecule has 0 radical (unpaired) electrons. The minimum absolute atomic E-state index is 0.177. The van der Waals surface area contributed by atoms with Gasteiger partial charge in [0.15, 0.2) is 0 Å². The van der Waals surface area contributed by atoms with Crippen LogP contribution in [-0.2, 0) is 14.3 Å². The molecule has 31 heavy (non-hydrogen) atoms. The van der Waals surface area contributed by atoms with Gasteiger partial charge in [-0.3, -0.25) is 9.59 Å².